The molecule has 3 rings (SSSR count). The van der Waals surface area contributed by atoms with Gasteiger partial charge in [-0.05, 0) is 39.3 Å². The minimum absolute atomic E-state index is 0.0712. The molecule has 2 aliphatic rings. The number of carbonyl (C=O) groups is 2. The summed E-state index contributed by atoms with van der Waals surface area (Å²) in [6, 6.07) is 6.46. The highest BCUT2D eigenvalue weighted by molar-refractivity contribution is 6.01. The Hall–Kier alpha value is -2.28. The molecule has 0 aliphatic carbocycles. The zero-order chi connectivity index (χ0) is 20.1. The fourth-order valence-electron chi connectivity index (χ4n) is 4.21. The number of carbonyl (C=O) groups excluding carboxylic acids is 2. The summed E-state index contributed by atoms with van der Waals surface area (Å²) < 4.78 is 19.4. The predicted octanol–water partition coefficient (Wildman–Crippen LogP) is 2.94. The quantitative estimate of drug-likeness (QED) is 0.670. The Labute approximate surface area is 164 Å². The smallest absolute Gasteiger partial charge is 0.313 e. The first kappa shape index (κ1) is 20.5. The second kappa shape index (κ2) is 8.82. The lowest BCUT2D eigenvalue weighted by molar-refractivity contribution is -0.162. The van der Waals surface area contributed by atoms with Crippen molar-refractivity contribution < 1.29 is 23.6 Å². The number of benzene rings is 1. The van der Waals surface area contributed by atoms with E-state index in [1.807, 2.05) is 4.90 Å². The molecule has 0 N–H and O–H groups in total. The minimum atomic E-state index is -0.741. The van der Waals surface area contributed by atoms with E-state index in [-0.39, 0.29) is 23.7 Å². The number of esters is 1. The summed E-state index contributed by atoms with van der Waals surface area (Å²) in [4.78, 5) is 32.0. The van der Waals surface area contributed by atoms with Crippen molar-refractivity contribution >= 4 is 17.5 Å². The van der Waals surface area contributed by atoms with Gasteiger partial charge in [-0.25, -0.2) is 4.39 Å². The Kier molecular flexibility index (Phi) is 6.44. The number of halogens is 1. The summed E-state index contributed by atoms with van der Waals surface area (Å²) in [7, 11) is 0. The Morgan fingerprint density at radius 1 is 1.39 bits per heavy atom. The predicted molar refractivity (Wildman–Crippen MR) is 102 cm³/mol. The van der Waals surface area contributed by atoms with E-state index in [0.717, 1.165) is 13.0 Å². The molecule has 1 fully saturated rings. The molecular formula is C21H27FN2O4. The summed E-state index contributed by atoms with van der Waals surface area (Å²) in [5.74, 6) is -0.524. The average Bonchev–Trinajstić information content (AvgIpc) is 3.10. The van der Waals surface area contributed by atoms with E-state index >= 15 is 0 Å². The van der Waals surface area contributed by atoms with Crippen LogP contribution >= 0.6 is 0 Å². The van der Waals surface area contributed by atoms with Crippen LogP contribution in [0.4, 0.5) is 4.39 Å². The van der Waals surface area contributed by atoms with E-state index in [4.69, 9.17) is 9.57 Å². The molecule has 7 heteroatoms. The maximum absolute atomic E-state index is 14.1. The molecule has 1 aromatic rings. The zero-order valence-electron chi connectivity index (χ0n) is 16.4. The maximum Gasteiger partial charge on any atom is 0.313 e. The Bertz CT molecular complexity index is 767. The number of hydrogen-bond donors (Lipinski definition) is 0. The summed E-state index contributed by atoms with van der Waals surface area (Å²) in [6.07, 6.45) is 2.03. The van der Waals surface area contributed by atoms with E-state index in [2.05, 4.69) is 5.16 Å². The van der Waals surface area contributed by atoms with Gasteiger partial charge in [0.15, 0.2) is 0 Å². The van der Waals surface area contributed by atoms with E-state index in [1.54, 1.807) is 32.0 Å². The van der Waals surface area contributed by atoms with Crippen LogP contribution in [0.3, 0.4) is 0 Å². The molecule has 0 bridgehead atoms. The van der Waals surface area contributed by atoms with Crippen LogP contribution in [0.1, 0.15) is 45.1 Å². The molecule has 0 radical (unpaired) electrons. The van der Waals surface area contributed by atoms with Crippen LogP contribution in [-0.2, 0) is 19.2 Å². The molecule has 0 aromatic heterocycles. The maximum atomic E-state index is 14.1. The number of hydrogen-bond acceptors (Lipinski definition) is 6. The van der Waals surface area contributed by atoms with Gasteiger partial charge in [0.05, 0.1) is 24.3 Å². The molecule has 0 spiro atoms. The van der Waals surface area contributed by atoms with Crippen LogP contribution in [0.25, 0.3) is 0 Å². The Morgan fingerprint density at radius 2 is 2.18 bits per heavy atom. The van der Waals surface area contributed by atoms with E-state index in [9.17, 15) is 14.0 Å². The van der Waals surface area contributed by atoms with Crippen molar-refractivity contribution in [1.82, 2.24) is 4.90 Å². The van der Waals surface area contributed by atoms with Crippen molar-refractivity contribution in [3.8, 4) is 0 Å². The molecule has 2 atom stereocenters. The van der Waals surface area contributed by atoms with Crippen LogP contribution in [0.2, 0.25) is 0 Å². The number of rotatable bonds is 7. The van der Waals surface area contributed by atoms with E-state index in [1.165, 1.54) is 6.07 Å². The summed E-state index contributed by atoms with van der Waals surface area (Å²) in [5.41, 5.74) is 0.240. The van der Waals surface area contributed by atoms with Crippen molar-refractivity contribution in [1.29, 1.82) is 0 Å². The molecule has 28 heavy (non-hydrogen) atoms. The van der Waals surface area contributed by atoms with Crippen LogP contribution in [0.15, 0.2) is 29.4 Å². The van der Waals surface area contributed by atoms with Crippen molar-refractivity contribution in [2.45, 2.75) is 45.6 Å². The summed E-state index contributed by atoms with van der Waals surface area (Å²) in [5, 5.41) is 4.07. The highest BCUT2D eigenvalue weighted by atomic mass is 19.1. The lowest BCUT2D eigenvalue weighted by Gasteiger charge is -2.41. The van der Waals surface area contributed by atoms with Crippen LogP contribution in [-0.4, -0.2) is 54.7 Å². The van der Waals surface area contributed by atoms with E-state index in [0.29, 0.717) is 50.2 Å². The molecular weight excluding hydrogens is 363 g/mol. The Morgan fingerprint density at radius 3 is 2.89 bits per heavy atom. The molecule has 1 aromatic carbocycles. The number of ketones is 1. The fraction of sp³-hybridized carbons (Fsp3) is 0.571. The first-order chi connectivity index (χ1) is 13.4. The van der Waals surface area contributed by atoms with Gasteiger partial charge in [-0.2, -0.15) is 0 Å². The largest absolute Gasteiger partial charge is 0.466 e. The van der Waals surface area contributed by atoms with Crippen molar-refractivity contribution in [3.05, 3.63) is 35.6 Å². The number of nitrogens with zero attached hydrogens (tertiary/aromatic N) is 2. The molecule has 1 saturated heterocycles. The topological polar surface area (TPSA) is 68.2 Å². The lowest BCUT2D eigenvalue weighted by atomic mass is 9.74. The fourth-order valence-corrected chi connectivity index (χ4v) is 4.21. The first-order valence-corrected chi connectivity index (χ1v) is 9.80. The highest BCUT2D eigenvalue weighted by Crippen LogP contribution is 2.39. The molecule has 0 saturated carbocycles. The number of likely N-dealkylation sites (tertiary alicyclic amines) is 1. The summed E-state index contributed by atoms with van der Waals surface area (Å²) in [6.45, 7) is 5.20. The van der Waals surface area contributed by atoms with E-state index < -0.39 is 5.41 Å². The SMILES string of the molecule is CCOC(=O)[C@@]1(C[C@H]2CC(c3ccccc3F)=NO2)CCCN(CC(C)=O)C1. The van der Waals surface area contributed by atoms with Gasteiger partial charge in [0.1, 0.15) is 17.7 Å². The van der Waals surface area contributed by atoms with Crippen molar-refractivity contribution in [2.24, 2.45) is 10.6 Å². The van der Waals surface area contributed by atoms with Gasteiger partial charge in [0.25, 0.3) is 0 Å². The third-order valence-corrected chi connectivity index (χ3v) is 5.35. The third-order valence-electron chi connectivity index (χ3n) is 5.35. The van der Waals surface area contributed by atoms with Crippen molar-refractivity contribution in [2.75, 3.05) is 26.2 Å². The second-order valence-electron chi connectivity index (χ2n) is 7.67. The third kappa shape index (κ3) is 4.58. The average molecular weight is 390 g/mol. The molecule has 2 heterocycles. The van der Waals surface area contributed by atoms with Crippen LogP contribution in [0, 0.1) is 11.2 Å². The van der Waals surface area contributed by atoms with Gasteiger partial charge in [-0.15, -0.1) is 0 Å². The second-order valence-corrected chi connectivity index (χ2v) is 7.67. The number of ether oxygens (including phenoxy) is 1. The highest BCUT2D eigenvalue weighted by Gasteiger charge is 2.46. The normalized spacial score (nSPS) is 25.1. The monoisotopic (exact) mass is 390 g/mol. The van der Waals surface area contributed by atoms with Crippen LogP contribution < -0.4 is 0 Å². The van der Waals surface area contributed by atoms with Gasteiger partial charge in [0.2, 0.25) is 0 Å². The molecule has 6 nitrogen and oxygen atoms in total. The number of oxime groups is 1. The zero-order valence-corrected chi connectivity index (χ0v) is 16.4. The van der Waals surface area contributed by atoms with Gasteiger partial charge in [-0.1, -0.05) is 23.4 Å². The summed E-state index contributed by atoms with van der Waals surface area (Å²) >= 11 is 0. The Balaban J connectivity index is 1.73. The molecule has 0 amide bonds. The molecule has 152 valence electrons. The van der Waals surface area contributed by atoms with Crippen LogP contribution in [0.5, 0.6) is 0 Å². The standard InChI is InChI=1S/C21H27FN2O4/c1-3-27-20(26)21(9-6-10-24(14-21)13-15(2)25)12-16-11-19(23-28-16)17-7-4-5-8-18(17)22/h4-5,7-8,16H,3,6,9-14H2,1-2H3/t16-,21-/m1/s1. The minimum Gasteiger partial charge on any atom is -0.466 e. The van der Waals surface area contributed by atoms with Gasteiger partial charge in [0, 0.05) is 24.9 Å². The number of Topliss-reactive ketones (excluding diaryl/α,β-unsaturated/α-hetero) is 1. The lowest BCUT2D eigenvalue weighted by Crippen LogP contribution is -2.51. The first-order valence-electron chi connectivity index (χ1n) is 9.80. The van der Waals surface area contributed by atoms with Crippen molar-refractivity contribution in [3.63, 3.8) is 0 Å². The van der Waals surface area contributed by atoms with Gasteiger partial charge >= 0.3 is 5.97 Å². The molecule has 0 unspecified atom stereocenters. The van der Waals surface area contributed by atoms with Gasteiger partial charge < -0.3 is 9.57 Å². The molecule has 2 aliphatic heterocycles. The van der Waals surface area contributed by atoms with Gasteiger partial charge in [-0.3, -0.25) is 14.5 Å². The number of piperidine rings is 1.